The number of hydrogen-bond donors (Lipinski definition) is 0. The Bertz CT molecular complexity index is 106. The van der Waals surface area contributed by atoms with E-state index in [1.165, 1.54) is 19.3 Å². The summed E-state index contributed by atoms with van der Waals surface area (Å²) in [6.45, 7) is 2.04. The number of allylic oxidation sites excluding steroid dienone is 2. The van der Waals surface area contributed by atoms with E-state index in [4.69, 9.17) is 0 Å². The lowest BCUT2D eigenvalue weighted by molar-refractivity contribution is 0.691. The third-order valence-electron chi connectivity index (χ3n) is 2.17. The fraction of sp³-hybridized carbons (Fsp3) is 0.778. The van der Waals surface area contributed by atoms with Crippen LogP contribution in [0.25, 0.3) is 0 Å². The molecule has 2 rings (SSSR count). The molecule has 2 unspecified atom stereocenters. The molecule has 0 N–H and O–H groups in total. The zero-order valence-corrected chi connectivity index (χ0v) is 8.10. The van der Waals surface area contributed by atoms with Gasteiger partial charge in [0.05, 0.1) is 0 Å². The monoisotopic (exact) mass is 202 g/mol. The highest BCUT2D eigenvalue weighted by atomic mass is 79.9. The summed E-state index contributed by atoms with van der Waals surface area (Å²) in [5.41, 5.74) is 0. The lowest BCUT2D eigenvalue weighted by Crippen LogP contribution is -1.82. The van der Waals surface area contributed by atoms with Gasteiger partial charge in [0.2, 0.25) is 0 Å². The molecule has 0 heterocycles. The number of rotatable bonds is 0. The molecule has 2 bridgehead atoms. The second kappa shape index (κ2) is 4.17. The van der Waals surface area contributed by atoms with E-state index in [0.29, 0.717) is 0 Å². The quantitative estimate of drug-likeness (QED) is 0.418. The van der Waals surface area contributed by atoms with Crippen molar-refractivity contribution in [2.24, 2.45) is 11.8 Å². The summed E-state index contributed by atoms with van der Waals surface area (Å²) in [7, 11) is 0. The minimum Gasteiger partial charge on any atom is -0.0931 e. The Hall–Kier alpha value is 0.220. The van der Waals surface area contributed by atoms with Gasteiger partial charge in [-0.05, 0) is 31.1 Å². The first kappa shape index (κ1) is 8.32. The SMILES string of the molecule is C1=CC2CCC1C2.CCBr. The molecule has 0 aromatic carbocycles. The Morgan fingerprint density at radius 1 is 1.30 bits per heavy atom. The predicted molar refractivity (Wildman–Crippen MR) is 49.4 cm³/mol. The van der Waals surface area contributed by atoms with Gasteiger partial charge in [0.15, 0.2) is 0 Å². The van der Waals surface area contributed by atoms with Crippen LogP contribution in [0, 0.1) is 11.8 Å². The Morgan fingerprint density at radius 3 is 1.80 bits per heavy atom. The number of halogens is 1. The van der Waals surface area contributed by atoms with Gasteiger partial charge in [0, 0.05) is 5.33 Å². The van der Waals surface area contributed by atoms with Crippen molar-refractivity contribution in [3.8, 4) is 0 Å². The van der Waals surface area contributed by atoms with E-state index in [9.17, 15) is 0 Å². The summed E-state index contributed by atoms with van der Waals surface area (Å²) in [4.78, 5) is 0. The van der Waals surface area contributed by atoms with Crippen LogP contribution in [0.15, 0.2) is 12.2 Å². The highest BCUT2D eigenvalue weighted by Gasteiger charge is 2.25. The van der Waals surface area contributed by atoms with Crippen molar-refractivity contribution in [2.45, 2.75) is 26.2 Å². The molecule has 1 fully saturated rings. The van der Waals surface area contributed by atoms with Crippen molar-refractivity contribution in [1.29, 1.82) is 0 Å². The minimum absolute atomic E-state index is 0.991. The van der Waals surface area contributed by atoms with Gasteiger partial charge in [-0.2, -0.15) is 0 Å². The normalized spacial score (nSPS) is 33.8. The van der Waals surface area contributed by atoms with Gasteiger partial charge in [-0.25, -0.2) is 0 Å². The molecule has 0 aromatic rings. The molecule has 0 saturated heterocycles. The smallest absolute Gasteiger partial charge is 0.000281 e. The number of fused-ring (bicyclic) bond motifs is 2. The van der Waals surface area contributed by atoms with Crippen LogP contribution in [0.3, 0.4) is 0 Å². The second-order valence-corrected chi connectivity index (χ2v) is 4.11. The maximum absolute atomic E-state index is 3.15. The standard InChI is InChI=1S/C7H10.C2H5Br/c1-2-7-4-3-6(1)5-7;1-2-3/h1-2,6-7H,3-5H2;2H2,1H3. The Morgan fingerprint density at radius 2 is 1.70 bits per heavy atom. The third kappa shape index (κ3) is 2.12. The Labute approximate surface area is 71.8 Å². The zero-order valence-electron chi connectivity index (χ0n) is 6.52. The van der Waals surface area contributed by atoms with E-state index in [1.54, 1.807) is 0 Å². The molecule has 0 nitrogen and oxygen atoms in total. The van der Waals surface area contributed by atoms with Crippen LogP contribution in [0.1, 0.15) is 26.2 Å². The first-order valence-electron chi connectivity index (χ1n) is 4.11. The predicted octanol–water partition coefficient (Wildman–Crippen LogP) is 3.37. The molecular weight excluding hydrogens is 188 g/mol. The molecule has 0 radical (unpaired) electrons. The lowest BCUT2D eigenvalue weighted by Gasteiger charge is -1.96. The van der Waals surface area contributed by atoms with Crippen LogP contribution in [-0.4, -0.2) is 5.33 Å². The van der Waals surface area contributed by atoms with Crippen LogP contribution in [0.5, 0.6) is 0 Å². The largest absolute Gasteiger partial charge is 0.0931 e. The Balaban J connectivity index is 0.000000148. The molecule has 1 saturated carbocycles. The highest BCUT2D eigenvalue weighted by Crippen LogP contribution is 2.38. The van der Waals surface area contributed by atoms with Crippen molar-refractivity contribution >= 4 is 15.9 Å². The van der Waals surface area contributed by atoms with Crippen LogP contribution in [0.4, 0.5) is 0 Å². The summed E-state index contributed by atoms with van der Waals surface area (Å²) in [6, 6.07) is 0. The van der Waals surface area contributed by atoms with E-state index in [0.717, 1.165) is 17.2 Å². The van der Waals surface area contributed by atoms with Crippen molar-refractivity contribution < 1.29 is 0 Å². The van der Waals surface area contributed by atoms with Gasteiger partial charge in [0.1, 0.15) is 0 Å². The lowest BCUT2D eigenvalue weighted by atomic mass is 10.1. The molecule has 2 aliphatic rings. The first-order valence-corrected chi connectivity index (χ1v) is 5.23. The first-order chi connectivity index (χ1) is 4.86. The van der Waals surface area contributed by atoms with Gasteiger partial charge >= 0.3 is 0 Å². The maximum atomic E-state index is 3.15. The summed E-state index contributed by atoms with van der Waals surface area (Å²) in [5.74, 6) is 1.98. The fourth-order valence-electron chi connectivity index (χ4n) is 1.72. The van der Waals surface area contributed by atoms with Crippen molar-refractivity contribution in [3.05, 3.63) is 12.2 Å². The molecule has 2 aliphatic carbocycles. The third-order valence-corrected chi connectivity index (χ3v) is 2.17. The molecule has 10 heavy (non-hydrogen) atoms. The van der Waals surface area contributed by atoms with E-state index in [2.05, 4.69) is 28.1 Å². The molecule has 58 valence electrons. The van der Waals surface area contributed by atoms with Crippen LogP contribution in [0.2, 0.25) is 0 Å². The Kier molecular flexibility index (Phi) is 3.47. The van der Waals surface area contributed by atoms with Crippen LogP contribution < -0.4 is 0 Å². The summed E-state index contributed by atoms with van der Waals surface area (Å²) >= 11 is 3.15. The van der Waals surface area contributed by atoms with E-state index in [1.807, 2.05) is 6.92 Å². The van der Waals surface area contributed by atoms with Crippen molar-refractivity contribution in [3.63, 3.8) is 0 Å². The highest BCUT2D eigenvalue weighted by molar-refractivity contribution is 9.09. The van der Waals surface area contributed by atoms with Gasteiger partial charge in [0.25, 0.3) is 0 Å². The summed E-state index contributed by atoms with van der Waals surface area (Å²) < 4.78 is 0. The molecular formula is C9H15Br. The van der Waals surface area contributed by atoms with Gasteiger partial charge < -0.3 is 0 Å². The summed E-state index contributed by atoms with van der Waals surface area (Å²) in [6.07, 6.45) is 9.19. The van der Waals surface area contributed by atoms with E-state index >= 15 is 0 Å². The van der Waals surface area contributed by atoms with Gasteiger partial charge in [-0.1, -0.05) is 35.0 Å². The van der Waals surface area contributed by atoms with E-state index < -0.39 is 0 Å². The fourth-order valence-corrected chi connectivity index (χ4v) is 1.72. The maximum Gasteiger partial charge on any atom is 0.000281 e. The second-order valence-electron chi connectivity index (χ2n) is 2.99. The van der Waals surface area contributed by atoms with E-state index in [-0.39, 0.29) is 0 Å². The summed E-state index contributed by atoms with van der Waals surface area (Å²) in [5, 5.41) is 1.06. The molecule has 0 aromatic heterocycles. The van der Waals surface area contributed by atoms with Crippen molar-refractivity contribution in [2.75, 3.05) is 5.33 Å². The van der Waals surface area contributed by atoms with Gasteiger partial charge in [-0.15, -0.1) is 0 Å². The number of hydrogen-bond acceptors (Lipinski definition) is 0. The minimum atomic E-state index is 0.991. The van der Waals surface area contributed by atoms with Crippen LogP contribution >= 0.6 is 15.9 Å². The zero-order chi connectivity index (χ0) is 7.40. The van der Waals surface area contributed by atoms with Crippen molar-refractivity contribution in [1.82, 2.24) is 0 Å². The molecule has 0 spiro atoms. The van der Waals surface area contributed by atoms with Crippen LogP contribution in [-0.2, 0) is 0 Å². The number of alkyl halides is 1. The molecule has 0 aliphatic heterocycles. The average Bonchev–Trinajstić information content (AvgIpc) is 2.49. The average molecular weight is 203 g/mol. The molecule has 2 atom stereocenters. The molecule has 1 heteroatoms. The molecule has 0 amide bonds. The topological polar surface area (TPSA) is 0 Å². The van der Waals surface area contributed by atoms with Gasteiger partial charge in [-0.3, -0.25) is 0 Å².